The van der Waals surface area contributed by atoms with Gasteiger partial charge in [-0.15, -0.1) is 0 Å². The van der Waals surface area contributed by atoms with Crippen LogP contribution in [0.15, 0.2) is 102 Å². The molecule has 0 saturated carbocycles. The first kappa shape index (κ1) is 23.9. The first-order valence-electron chi connectivity index (χ1n) is 11.5. The van der Waals surface area contributed by atoms with Crippen molar-refractivity contribution < 1.29 is 22.8 Å². The first-order valence-corrected chi connectivity index (χ1v) is 11.5. The number of carbonyl (C=O) groups excluding carboxylic acids is 2. The minimum Gasteiger partial charge on any atom is -0.449 e. The summed E-state index contributed by atoms with van der Waals surface area (Å²) in [5.74, 6) is -1.88. The van der Waals surface area contributed by atoms with Crippen LogP contribution in [-0.4, -0.2) is 21.7 Å². The molecule has 6 nitrogen and oxygen atoms in total. The van der Waals surface area contributed by atoms with Crippen LogP contribution in [0.2, 0.25) is 0 Å². The Hall–Kier alpha value is -4.85. The summed E-state index contributed by atoms with van der Waals surface area (Å²) >= 11 is 0. The maximum Gasteiger partial charge on any atom is 0.292 e. The molecule has 184 valence electrons. The van der Waals surface area contributed by atoms with Crippen LogP contribution in [0.4, 0.5) is 14.5 Å². The highest BCUT2D eigenvalue weighted by molar-refractivity contribution is 6.14. The summed E-state index contributed by atoms with van der Waals surface area (Å²) in [6.45, 7) is 0.364. The Bertz CT molecular complexity index is 1550. The summed E-state index contributed by atoms with van der Waals surface area (Å²) in [5, 5.41) is 3.32. The number of carbonyl (C=O) groups is 2. The molecule has 2 amide bonds. The summed E-state index contributed by atoms with van der Waals surface area (Å²) in [7, 11) is 0. The third-order valence-corrected chi connectivity index (χ3v) is 5.80. The lowest BCUT2D eigenvalue weighted by molar-refractivity contribution is 0.0701. The van der Waals surface area contributed by atoms with Crippen LogP contribution < -0.4 is 5.32 Å². The van der Waals surface area contributed by atoms with E-state index in [9.17, 15) is 18.4 Å². The Labute approximate surface area is 211 Å². The number of hydrogen-bond donors (Lipinski definition) is 1. The number of amides is 2. The highest BCUT2D eigenvalue weighted by atomic mass is 19.1. The van der Waals surface area contributed by atoms with Crippen molar-refractivity contribution in [2.45, 2.75) is 13.1 Å². The zero-order chi connectivity index (χ0) is 25.8. The van der Waals surface area contributed by atoms with Crippen molar-refractivity contribution in [1.82, 2.24) is 9.88 Å². The average Bonchev–Trinajstić information content (AvgIpc) is 3.28. The standard InChI is InChI=1S/C29H21F2N3O3/c30-22-11-7-19(8-12-22)17-34(18-20-4-3-15-32-16-20)29(36)27-26(24-5-1-2-6-25(24)37-27)33-28(35)21-9-13-23(31)14-10-21/h1-16H,17-18H2,(H,33,35). The fraction of sp³-hybridized carbons (Fsp3) is 0.0690. The van der Waals surface area contributed by atoms with Gasteiger partial charge in [-0.05, 0) is 65.7 Å². The van der Waals surface area contributed by atoms with E-state index >= 15 is 0 Å². The fourth-order valence-electron chi connectivity index (χ4n) is 3.97. The number of para-hydroxylation sites is 1. The van der Waals surface area contributed by atoms with Crippen molar-refractivity contribution in [3.63, 3.8) is 0 Å². The highest BCUT2D eigenvalue weighted by Gasteiger charge is 2.27. The van der Waals surface area contributed by atoms with Crippen molar-refractivity contribution in [3.8, 4) is 0 Å². The van der Waals surface area contributed by atoms with E-state index in [1.54, 1.807) is 54.9 Å². The smallest absolute Gasteiger partial charge is 0.292 e. The molecule has 1 N–H and O–H groups in total. The van der Waals surface area contributed by atoms with Gasteiger partial charge in [-0.2, -0.15) is 0 Å². The van der Waals surface area contributed by atoms with Crippen LogP contribution in [0.3, 0.4) is 0 Å². The predicted molar refractivity (Wildman–Crippen MR) is 135 cm³/mol. The van der Waals surface area contributed by atoms with E-state index in [0.717, 1.165) is 5.56 Å². The van der Waals surface area contributed by atoms with Crippen molar-refractivity contribution in [2.24, 2.45) is 0 Å². The van der Waals surface area contributed by atoms with E-state index in [0.29, 0.717) is 16.5 Å². The van der Waals surface area contributed by atoms with Gasteiger partial charge < -0.3 is 14.6 Å². The maximum absolute atomic E-state index is 13.9. The third kappa shape index (κ3) is 5.38. The van der Waals surface area contributed by atoms with Gasteiger partial charge in [0, 0.05) is 36.4 Å². The summed E-state index contributed by atoms with van der Waals surface area (Å²) in [5.41, 5.74) is 2.36. The lowest BCUT2D eigenvalue weighted by Crippen LogP contribution is -2.30. The molecule has 3 aromatic carbocycles. The molecule has 0 saturated heterocycles. The average molecular weight is 498 g/mol. The second-order valence-corrected chi connectivity index (χ2v) is 8.41. The fourth-order valence-corrected chi connectivity index (χ4v) is 3.97. The van der Waals surface area contributed by atoms with Crippen molar-refractivity contribution in [3.05, 3.63) is 131 Å². The largest absolute Gasteiger partial charge is 0.449 e. The highest BCUT2D eigenvalue weighted by Crippen LogP contribution is 2.33. The molecule has 2 aromatic heterocycles. The van der Waals surface area contributed by atoms with Crippen molar-refractivity contribution in [1.29, 1.82) is 0 Å². The van der Waals surface area contributed by atoms with Gasteiger partial charge in [-0.1, -0.05) is 30.3 Å². The molecule has 5 rings (SSSR count). The zero-order valence-electron chi connectivity index (χ0n) is 19.5. The molecule has 0 aliphatic rings. The normalized spacial score (nSPS) is 10.9. The Morgan fingerprint density at radius 3 is 2.19 bits per heavy atom. The van der Waals surface area contributed by atoms with E-state index in [1.807, 2.05) is 6.07 Å². The van der Waals surface area contributed by atoms with Crippen LogP contribution in [0, 0.1) is 11.6 Å². The van der Waals surface area contributed by atoms with Gasteiger partial charge in [0.1, 0.15) is 22.9 Å². The Morgan fingerprint density at radius 2 is 1.49 bits per heavy atom. The molecule has 0 aliphatic heterocycles. The van der Waals surface area contributed by atoms with Crippen LogP contribution in [0.25, 0.3) is 11.0 Å². The number of halogens is 2. The molecule has 0 unspecified atom stereocenters. The number of nitrogens with zero attached hydrogens (tertiary/aromatic N) is 2. The van der Waals surface area contributed by atoms with Crippen LogP contribution in [0.5, 0.6) is 0 Å². The second-order valence-electron chi connectivity index (χ2n) is 8.41. The molecule has 0 atom stereocenters. The molecule has 0 fully saturated rings. The van der Waals surface area contributed by atoms with Gasteiger partial charge in [0.2, 0.25) is 5.76 Å². The molecule has 0 radical (unpaired) electrons. The Balaban J connectivity index is 1.53. The van der Waals surface area contributed by atoms with Gasteiger partial charge in [0.15, 0.2) is 0 Å². The van der Waals surface area contributed by atoms with Gasteiger partial charge in [0.25, 0.3) is 11.8 Å². The summed E-state index contributed by atoms with van der Waals surface area (Å²) in [6.07, 6.45) is 3.29. The van der Waals surface area contributed by atoms with Gasteiger partial charge in [0.05, 0.1) is 0 Å². The molecule has 2 heterocycles. The number of pyridine rings is 1. The molecular weight excluding hydrogens is 476 g/mol. The predicted octanol–water partition coefficient (Wildman–Crippen LogP) is 6.20. The summed E-state index contributed by atoms with van der Waals surface area (Å²) in [4.78, 5) is 32.6. The van der Waals surface area contributed by atoms with E-state index < -0.39 is 17.6 Å². The summed E-state index contributed by atoms with van der Waals surface area (Å²) in [6, 6.07) is 21.5. The zero-order valence-corrected chi connectivity index (χ0v) is 19.5. The lowest BCUT2D eigenvalue weighted by Gasteiger charge is -2.22. The van der Waals surface area contributed by atoms with Gasteiger partial charge in [-0.3, -0.25) is 14.6 Å². The van der Waals surface area contributed by atoms with E-state index in [1.165, 1.54) is 41.3 Å². The Kier molecular flexibility index (Phi) is 6.72. The molecule has 0 spiro atoms. The number of hydrogen-bond acceptors (Lipinski definition) is 4. The maximum atomic E-state index is 13.9. The number of nitrogens with one attached hydrogen (secondary N) is 1. The first-order chi connectivity index (χ1) is 18.0. The topological polar surface area (TPSA) is 75.4 Å². The number of aromatic nitrogens is 1. The monoisotopic (exact) mass is 497 g/mol. The number of benzene rings is 3. The molecule has 0 bridgehead atoms. The van der Waals surface area contributed by atoms with E-state index in [4.69, 9.17) is 4.42 Å². The third-order valence-electron chi connectivity index (χ3n) is 5.80. The van der Waals surface area contributed by atoms with Crippen LogP contribution >= 0.6 is 0 Å². The van der Waals surface area contributed by atoms with E-state index in [-0.39, 0.29) is 35.9 Å². The SMILES string of the molecule is O=C(Nc1c(C(=O)N(Cc2ccc(F)cc2)Cc2cccnc2)oc2ccccc12)c1ccc(F)cc1. The molecular formula is C29H21F2N3O3. The lowest BCUT2D eigenvalue weighted by atomic mass is 10.1. The summed E-state index contributed by atoms with van der Waals surface area (Å²) < 4.78 is 32.8. The minimum atomic E-state index is -0.516. The van der Waals surface area contributed by atoms with Crippen molar-refractivity contribution >= 4 is 28.5 Å². The van der Waals surface area contributed by atoms with Gasteiger partial charge in [-0.25, -0.2) is 8.78 Å². The molecule has 0 aliphatic carbocycles. The minimum absolute atomic E-state index is 0.0531. The number of anilines is 1. The van der Waals surface area contributed by atoms with Crippen LogP contribution in [0.1, 0.15) is 32.0 Å². The number of fused-ring (bicyclic) bond motifs is 1. The second kappa shape index (κ2) is 10.4. The molecule has 37 heavy (non-hydrogen) atoms. The molecule has 8 heteroatoms. The van der Waals surface area contributed by atoms with Gasteiger partial charge >= 0.3 is 0 Å². The van der Waals surface area contributed by atoms with Crippen LogP contribution in [-0.2, 0) is 13.1 Å². The number of furan rings is 1. The Morgan fingerprint density at radius 1 is 0.811 bits per heavy atom. The quantitative estimate of drug-likeness (QED) is 0.291. The van der Waals surface area contributed by atoms with E-state index in [2.05, 4.69) is 10.3 Å². The van der Waals surface area contributed by atoms with Crippen molar-refractivity contribution in [2.75, 3.05) is 5.32 Å². The molecule has 5 aromatic rings. The number of rotatable bonds is 7.